The maximum atomic E-state index is 13.6. The van der Waals surface area contributed by atoms with Gasteiger partial charge in [0.2, 0.25) is 0 Å². The highest BCUT2D eigenvalue weighted by molar-refractivity contribution is 7.16. The van der Waals surface area contributed by atoms with Crippen LogP contribution in [0.4, 0.5) is 4.39 Å². The molecule has 0 aliphatic heterocycles. The van der Waals surface area contributed by atoms with Crippen molar-refractivity contribution in [3.63, 3.8) is 0 Å². The summed E-state index contributed by atoms with van der Waals surface area (Å²) in [6.07, 6.45) is 2.00. The standard InChI is InChI=1S/C22H25FN2O3S/c1-3-5-12-28-18-8-6-7-16(14-18)21(26)24-22-25(11-13-27-4-2)19-10-9-17(23)15-20(19)29-22/h6-10,14-15H,3-5,11-13H2,1-2H3. The molecule has 0 atom stereocenters. The predicted molar refractivity (Wildman–Crippen MR) is 113 cm³/mol. The Hall–Kier alpha value is -2.51. The number of hydrogen-bond donors (Lipinski definition) is 0. The second-order valence-corrected chi connectivity index (χ2v) is 7.50. The molecule has 0 saturated heterocycles. The molecule has 0 fully saturated rings. The molecule has 1 aromatic heterocycles. The number of fused-ring (bicyclic) bond motifs is 1. The van der Waals surface area contributed by atoms with Crippen LogP contribution in [0.15, 0.2) is 47.5 Å². The Balaban J connectivity index is 1.93. The zero-order valence-electron chi connectivity index (χ0n) is 16.7. The fraction of sp³-hybridized carbons (Fsp3) is 0.364. The molecule has 2 aromatic carbocycles. The van der Waals surface area contributed by atoms with E-state index in [1.54, 1.807) is 24.3 Å². The number of halogens is 1. The molecule has 0 spiro atoms. The highest BCUT2D eigenvalue weighted by Gasteiger charge is 2.11. The van der Waals surface area contributed by atoms with Gasteiger partial charge in [-0.1, -0.05) is 30.7 Å². The quantitative estimate of drug-likeness (QED) is 0.471. The van der Waals surface area contributed by atoms with Crippen molar-refractivity contribution in [2.24, 2.45) is 4.99 Å². The third-order valence-corrected chi connectivity index (χ3v) is 5.39. The molecule has 1 heterocycles. The molecule has 7 heteroatoms. The number of benzene rings is 2. The summed E-state index contributed by atoms with van der Waals surface area (Å²) >= 11 is 1.29. The molecule has 3 aromatic rings. The van der Waals surface area contributed by atoms with E-state index in [1.807, 2.05) is 17.6 Å². The number of ether oxygens (including phenoxy) is 2. The van der Waals surface area contributed by atoms with Crippen LogP contribution in [0.3, 0.4) is 0 Å². The fourth-order valence-electron chi connectivity index (χ4n) is 2.85. The smallest absolute Gasteiger partial charge is 0.279 e. The molecule has 0 N–H and O–H groups in total. The lowest BCUT2D eigenvalue weighted by Gasteiger charge is -2.06. The van der Waals surface area contributed by atoms with Gasteiger partial charge in [0.15, 0.2) is 4.80 Å². The third-order valence-electron chi connectivity index (χ3n) is 4.35. The zero-order chi connectivity index (χ0) is 20.6. The molecule has 0 saturated carbocycles. The summed E-state index contributed by atoms with van der Waals surface area (Å²) < 4.78 is 27.4. The van der Waals surface area contributed by atoms with Crippen molar-refractivity contribution >= 4 is 27.5 Å². The molecule has 0 aliphatic carbocycles. The lowest BCUT2D eigenvalue weighted by molar-refractivity contribution is 0.0996. The summed E-state index contributed by atoms with van der Waals surface area (Å²) in [7, 11) is 0. The lowest BCUT2D eigenvalue weighted by atomic mass is 10.2. The van der Waals surface area contributed by atoms with Crippen molar-refractivity contribution in [1.82, 2.24) is 4.57 Å². The van der Waals surface area contributed by atoms with Gasteiger partial charge in [-0.25, -0.2) is 4.39 Å². The minimum Gasteiger partial charge on any atom is -0.494 e. The van der Waals surface area contributed by atoms with E-state index >= 15 is 0 Å². The van der Waals surface area contributed by atoms with Crippen LogP contribution in [0.2, 0.25) is 0 Å². The van der Waals surface area contributed by atoms with Gasteiger partial charge in [0.1, 0.15) is 11.6 Å². The van der Waals surface area contributed by atoms with E-state index < -0.39 is 0 Å². The van der Waals surface area contributed by atoms with Crippen molar-refractivity contribution in [2.45, 2.75) is 33.2 Å². The fourth-order valence-corrected chi connectivity index (χ4v) is 3.93. The van der Waals surface area contributed by atoms with Crippen LogP contribution in [0.25, 0.3) is 10.2 Å². The summed E-state index contributed by atoms with van der Waals surface area (Å²) in [6.45, 7) is 6.27. The van der Waals surface area contributed by atoms with Crippen LogP contribution < -0.4 is 9.54 Å². The van der Waals surface area contributed by atoms with Crippen LogP contribution in [0.5, 0.6) is 5.75 Å². The Bertz CT molecular complexity index is 1040. The lowest BCUT2D eigenvalue weighted by Crippen LogP contribution is -2.19. The van der Waals surface area contributed by atoms with Crippen molar-refractivity contribution in [3.05, 3.63) is 58.6 Å². The minimum absolute atomic E-state index is 0.314. The number of carbonyl (C=O) groups is 1. The highest BCUT2D eigenvalue weighted by atomic mass is 32.1. The number of hydrogen-bond acceptors (Lipinski definition) is 4. The van der Waals surface area contributed by atoms with E-state index in [1.165, 1.54) is 23.5 Å². The maximum absolute atomic E-state index is 13.6. The summed E-state index contributed by atoms with van der Waals surface area (Å²) in [5.41, 5.74) is 1.29. The van der Waals surface area contributed by atoms with Crippen LogP contribution in [-0.2, 0) is 11.3 Å². The average molecular weight is 417 g/mol. The maximum Gasteiger partial charge on any atom is 0.279 e. The Morgan fingerprint density at radius 1 is 1.17 bits per heavy atom. The van der Waals surface area contributed by atoms with E-state index in [0.717, 1.165) is 23.1 Å². The second-order valence-electron chi connectivity index (χ2n) is 6.49. The van der Waals surface area contributed by atoms with E-state index in [0.29, 0.717) is 42.5 Å². The summed E-state index contributed by atoms with van der Waals surface area (Å²) in [6, 6.07) is 11.6. The summed E-state index contributed by atoms with van der Waals surface area (Å²) in [5, 5.41) is 0. The number of unbranched alkanes of at least 4 members (excludes halogenated alkanes) is 1. The topological polar surface area (TPSA) is 52.8 Å². The van der Waals surface area contributed by atoms with Gasteiger partial charge < -0.3 is 14.0 Å². The Morgan fingerprint density at radius 3 is 2.83 bits per heavy atom. The summed E-state index contributed by atoms with van der Waals surface area (Å²) in [5.74, 6) is -0.0178. The first-order valence-corrected chi connectivity index (χ1v) is 10.6. The first kappa shape index (κ1) is 21.2. The van der Waals surface area contributed by atoms with Gasteiger partial charge in [0, 0.05) is 18.7 Å². The first-order chi connectivity index (χ1) is 14.1. The van der Waals surface area contributed by atoms with E-state index in [2.05, 4.69) is 11.9 Å². The predicted octanol–water partition coefficient (Wildman–Crippen LogP) is 4.80. The molecule has 0 unspecified atom stereocenters. The van der Waals surface area contributed by atoms with Crippen LogP contribution in [0, 0.1) is 5.82 Å². The van der Waals surface area contributed by atoms with Crippen LogP contribution in [0.1, 0.15) is 37.0 Å². The molecule has 0 bridgehead atoms. The van der Waals surface area contributed by atoms with Crippen LogP contribution >= 0.6 is 11.3 Å². The second kappa shape index (κ2) is 10.3. The molecule has 3 rings (SSSR count). The molecular weight excluding hydrogens is 391 g/mol. The van der Waals surface area contributed by atoms with Crippen molar-refractivity contribution < 1.29 is 18.7 Å². The van der Waals surface area contributed by atoms with Gasteiger partial charge in [-0.05, 0) is 49.7 Å². The molecular formula is C22H25FN2O3S. The number of thiazole rings is 1. The Labute approximate surface area is 173 Å². The largest absolute Gasteiger partial charge is 0.494 e. The van der Waals surface area contributed by atoms with Gasteiger partial charge in [-0.2, -0.15) is 4.99 Å². The van der Waals surface area contributed by atoms with Gasteiger partial charge in [-0.15, -0.1) is 0 Å². The third kappa shape index (κ3) is 5.52. The Kier molecular flexibility index (Phi) is 7.55. The van der Waals surface area contributed by atoms with E-state index in [9.17, 15) is 9.18 Å². The van der Waals surface area contributed by atoms with E-state index in [-0.39, 0.29) is 11.7 Å². The van der Waals surface area contributed by atoms with Gasteiger partial charge in [-0.3, -0.25) is 4.79 Å². The monoisotopic (exact) mass is 416 g/mol. The van der Waals surface area contributed by atoms with Gasteiger partial charge in [0.25, 0.3) is 5.91 Å². The molecule has 5 nitrogen and oxygen atoms in total. The van der Waals surface area contributed by atoms with Crippen molar-refractivity contribution in [3.8, 4) is 5.75 Å². The number of nitrogens with zero attached hydrogens (tertiary/aromatic N) is 2. The average Bonchev–Trinajstić information content (AvgIpc) is 3.04. The number of amides is 1. The first-order valence-electron chi connectivity index (χ1n) is 9.81. The number of aromatic nitrogens is 1. The summed E-state index contributed by atoms with van der Waals surface area (Å²) in [4.78, 5) is 17.6. The molecule has 0 aliphatic rings. The normalized spacial score (nSPS) is 11.9. The van der Waals surface area contributed by atoms with Gasteiger partial charge >= 0.3 is 0 Å². The Morgan fingerprint density at radius 2 is 2.03 bits per heavy atom. The zero-order valence-corrected chi connectivity index (χ0v) is 17.5. The number of rotatable bonds is 9. The molecule has 1 amide bonds. The SMILES string of the molecule is CCCCOc1cccc(C(=O)N=c2sc3cc(F)ccc3n2CCOCC)c1. The molecule has 29 heavy (non-hydrogen) atoms. The van der Waals surface area contributed by atoms with E-state index in [4.69, 9.17) is 9.47 Å². The molecule has 0 radical (unpaired) electrons. The minimum atomic E-state index is -0.358. The molecule has 154 valence electrons. The number of carbonyl (C=O) groups excluding carboxylic acids is 1. The highest BCUT2D eigenvalue weighted by Crippen LogP contribution is 2.19. The van der Waals surface area contributed by atoms with Crippen LogP contribution in [-0.4, -0.2) is 30.3 Å². The van der Waals surface area contributed by atoms with Gasteiger partial charge in [0.05, 0.1) is 23.4 Å². The van der Waals surface area contributed by atoms with Crippen molar-refractivity contribution in [1.29, 1.82) is 0 Å². The van der Waals surface area contributed by atoms with Crippen molar-refractivity contribution in [2.75, 3.05) is 19.8 Å².